The molecule has 1 saturated heterocycles. The Morgan fingerprint density at radius 1 is 1.75 bits per heavy atom. The molecule has 1 unspecified atom stereocenters. The molecule has 0 aromatic carbocycles. The molecule has 0 aromatic heterocycles. The van der Waals surface area contributed by atoms with Crippen molar-refractivity contribution in [2.75, 3.05) is 7.11 Å². The average molecular weight is 166 g/mol. The molecule has 0 saturated carbocycles. The summed E-state index contributed by atoms with van der Waals surface area (Å²) < 4.78 is 9.97. The quantitative estimate of drug-likeness (QED) is 0.328. The van der Waals surface area contributed by atoms with Gasteiger partial charge in [-0.25, -0.2) is 4.79 Å². The van der Waals surface area contributed by atoms with Crippen molar-refractivity contribution in [2.24, 2.45) is 0 Å². The molecule has 2 rings (SSSR count). The predicted molar refractivity (Wildman–Crippen MR) is 42.5 cm³/mol. The summed E-state index contributed by atoms with van der Waals surface area (Å²) in [5.74, 6) is -0.297. The van der Waals surface area contributed by atoms with Gasteiger partial charge in [-0.05, 0) is 5.57 Å². The molecule has 0 aromatic rings. The molecule has 0 aliphatic carbocycles. The highest BCUT2D eigenvalue weighted by atomic mass is 16.5. The molecule has 3 heteroatoms. The lowest BCUT2D eigenvalue weighted by atomic mass is 10.0. The third-order valence-electron chi connectivity index (χ3n) is 2.13. The standard InChI is InChI=1S/C9H10O3/c1-11-9(10)5-6-4-7-2-3-8(6)12-7/h2-3,5,7-8H,4H2,1H3/t7-,8?/m0/s1. The molecule has 12 heavy (non-hydrogen) atoms. The molecule has 0 amide bonds. The largest absolute Gasteiger partial charge is 0.466 e. The third-order valence-corrected chi connectivity index (χ3v) is 2.13. The zero-order valence-corrected chi connectivity index (χ0v) is 6.82. The number of fused-ring (bicyclic) bond motifs is 2. The van der Waals surface area contributed by atoms with Crippen LogP contribution in [0.3, 0.4) is 0 Å². The van der Waals surface area contributed by atoms with Gasteiger partial charge in [0.1, 0.15) is 0 Å². The van der Waals surface area contributed by atoms with Gasteiger partial charge in [0.2, 0.25) is 0 Å². The molecule has 2 bridgehead atoms. The molecule has 2 aliphatic rings. The fraction of sp³-hybridized carbons (Fsp3) is 0.444. The first-order valence-electron chi connectivity index (χ1n) is 3.92. The Morgan fingerprint density at radius 2 is 2.58 bits per heavy atom. The highest BCUT2D eigenvalue weighted by Crippen LogP contribution is 2.32. The SMILES string of the molecule is COC(=O)C=C1C[C@@H]2C=CC1O2. The van der Waals surface area contributed by atoms with E-state index < -0.39 is 0 Å². The molecule has 64 valence electrons. The van der Waals surface area contributed by atoms with Crippen LogP contribution in [0.4, 0.5) is 0 Å². The second-order valence-corrected chi connectivity index (χ2v) is 2.93. The summed E-state index contributed by atoms with van der Waals surface area (Å²) in [6.45, 7) is 0. The Labute approximate surface area is 70.7 Å². The first-order valence-corrected chi connectivity index (χ1v) is 3.92. The van der Waals surface area contributed by atoms with Crippen LogP contribution in [0.1, 0.15) is 6.42 Å². The van der Waals surface area contributed by atoms with Crippen molar-refractivity contribution in [1.82, 2.24) is 0 Å². The maximum atomic E-state index is 10.9. The summed E-state index contributed by atoms with van der Waals surface area (Å²) >= 11 is 0. The normalized spacial score (nSPS) is 34.6. The predicted octanol–water partition coefficient (Wildman–Crippen LogP) is 0.813. The molecule has 2 aliphatic heterocycles. The van der Waals surface area contributed by atoms with Crippen LogP contribution in [-0.4, -0.2) is 25.3 Å². The van der Waals surface area contributed by atoms with E-state index >= 15 is 0 Å². The monoisotopic (exact) mass is 166 g/mol. The summed E-state index contributed by atoms with van der Waals surface area (Å²) in [5.41, 5.74) is 1.02. The maximum absolute atomic E-state index is 10.9. The molecular weight excluding hydrogens is 156 g/mol. The van der Waals surface area contributed by atoms with Gasteiger partial charge in [-0.3, -0.25) is 0 Å². The van der Waals surface area contributed by atoms with Crippen molar-refractivity contribution in [3.05, 3.63) is 23.8 Å². The topological polar surface area (TPSA) is 35.5 Å². The summed E-state index contributed by atoms with van der Waals surface area (Å²) in [6, 6.07) is 0. The lowest BCUT2D eigenvalue weighted by molar-refractivity contribution is -0.134. The highest BCUT2D eigenvalue weighted by Gasteiger charge is 2.31. The molecule has 3 nitrogen and oxygen atoms in total. The zero-order chi connectivity index (χ0) is 8.55. The number of rotatable bonds is 1. The van der Waals surface area contributed by atoms with E-state index in [9.17, 15) is 4.79 Å². The van der Waals surface area contributed by atoms with Crippen LogP contribution in [-0.2, 0) is 14.3 Å². The fourth-order valence-electron chi connectivity index (χ4n) is 1.53. The van der Waals surface area contributed by atoms with Gasteiger partial charge in [0.25, 0.3) is 0 Å². The first-order chi connectivity index (χ1) is 5.79. The van der Waals surface area contributed by atoms with Gasteiger partial charge in [0.05, 0.1) is 19.3 Å². The van der Waals surface area contributed by atoms with E-state index in [1.54, 1.807) is 0 Å². The molecule has 0 N–H and O–H groups in total. The second-order valence-electron chi connectivity index (χ2n) is 2.93. The number of hydrogen-bond acceptors (Lipinski definition) is 3. The minimum absolute atomic E-state index is 0.0223. The van der Waals surface area contributed by atoms with E-state index in [1.807, 2.05) is 12.2 Å². The Hall–Kier alpha value is -1.09. The van der Waals surface area contributed by atoms with E-state index in [4.69, 9.17) is 4.74 Å². The number of carbonyl (C=O) groups is 1. The van der Waals surface area contributed by atoms with E-state index in [-0.39, 0.29) is 18.2 Å². The number of hydrogen-bond donors (Lipinski definition) is 0. The van der Waals surface area contributed by atoms with Crippen molar-refractivity contribution in [2.45, 2.75) is 18.6 Å². The van der Waals surface area contributed by atoms with Gasteiger partial charge in [-0.1, -0.05) is 12.2 Å². The van der Waals surface area contributed by atoms with Crippen LogP contribution in [0.15, 0.2) is 23.8 Å². The van der Waals surface area contributed by atoms with E-state index in [1.165, 1.54) is 13.2 Å². The van der Waals surface area contributed by atoms with Crippen LogP contribution >= 0.6 is 0 Å². The van der Waals surface area contributed by atoms with Crippen LogP contribution < -0.4 is 0 Å². The Kier molecular flexibility index (Phi) is 1.73. The molecule has 2 heterocycles. The Morgan fingerprint density at radius 3 is 3.08 bits per heavy atom. The molecule has 2 atom stereocenters. The smallest absolute Gasteiger partial charge is 0.330 e. The van der Waals surface area contributed by atoms with E-state index in [0.717, 1.165) is 12.0 Å². The lowest BCUT2D eigenvalue weighted by Gasteiger charge is -2.03. The fourth-order valence-corrected chi connectivity index (χ4v) is 1.53. The summed E-state index contributed by atoms with van der Waals surface area (Å²) in [4.78, 5) is 10.9. The average Bonchev–Trinajstić information content (AvgIpc) is 2.64. The van der Waals surface area contributed by atoms with Gasteiger partial charge in [0.15, 0.2) is 0 Å². The van der Waals surface area contributed by atoms with Crippen LogP contribution in [0, 0.1) is 0 Å². The van der Waals surface area contributed by atoms with E-state index in [0.29, 0.717) is 0 Å². The summed E-state index contributed by atoms with van der Waals surface area (Å²) in [5, 5.41) is 0. The number of ether oxygens (including phenoxy) is 2. The first kappa shape index (κ1) is 7.55. The van der Waals surface area contributed by atoms with Crippen LogP contribution in [0.25, 0.3) is 0 Å². The molecular formula is C9H10O3. The maximum Gasteiger partial charge on any atom is 0.330 e. The van der Waals surface area contributed by atoms with Crippen molar-refractivity contribution in [3.8, 4) is 0 Å². The lowest BCUT2D eigenvalue weighted by Crippen LogP contribution is -2.04. The highest BCUT2D eigenvalue weighted by molar-refractivity contribution is 5.83. The summed E-state index contributed by atoms with van der Waals surface area (Å²) in [7, 11) is 1.38. The van der Waals surface area contributed by atoms with Crippen molar-refractivity contribution in [3.63, 3.8) is 0 Å². The van der Waals surface area contributed by atoms with Crippen molar-refractivity contribution < 1.29 is 14.3 Å². The Balaban J connectivity index is 2.12. The summed E-state index contributed by atoms with van der Waals surface area (Å²) in [6.07, 6.45) is 6.56. The van der Waals surface area contributed by atoms with Crippen molar-refractivity contribution >= 4 is 5.97 Å². The molecule has 1 fully saturated rings. The van der Waals surface area contributed by atoms with Crippen molar-refractivity contribution in [1.29, 1.82) is 0 Å². The number of methoxy groups -OCH3 is 1. The number of carbonyl (C=O) groups excluding carboxylic acids is 1. The van der Waals surface area contributed by atoms with Gasteiger partial charge in [-0.2, -0.15) is 0 Å². The van der Waals surface area contributed by atoms with Gasteiger partial charge < -0.3 is 9.47 Å². The molecule has 0 spiro atoms. The third kappa shape index (κ3) is 1.16. The van der Waals surface area contributed by atoms with E-state index in [2.05, 4.69) is 4.74 Å². The van der Waals surface area contributed by atoms with Crippen LogP contribution in [0.5, 0.6) is 0 Å². The number of esters is 1. The molecule has 0 radical (unpaired) electrons. The minimum atomic E-state index is -0.297. The van der Waals surface area contributed by atoms with Gasteiger partial charge >= 0.3 is 5.97 Å². The second kappa shape index (κ2) is 2.75. The zero-order valence-electron chi connectivity index (χ0n) is 6.82. The Bertz CT molecular complexity index is 265. The van der Waals surface area contributed by atoms with Gasteiger partial charge in [-0.15, -0.1) is 0 Å². The van der Waals surface area contributed by atoms with Gasteiger partial charge in [0, 0.05) is 12.5 Å². The van der Waals surface area contributed by atoms with Crippen LogP contribution in [0.2, 0.25) is 0 Å². The minimum Gasteiger partial charge on any atom is -0.466 e.